The average molecular weight is 352 g/mol. The van der Waals surface area contributed by atoms with Crippen molar-refractivity contribution >= 4 is 16.6 Å². The normalized spacial score (nSPS) is 11.3. The van der Waals surface area contributed by atoms with Gasteiger partial charge in [-0.25, -0.2) is 4.98 Å². The lowest BCUT2D eigenvalue weighted by atomic mass is 10.0. The largest absolute Gasteiger partial charge is 0.323 e. The molecule has 0 amide bonds. The van der Waals surface area contributed by atoms with Crippen LogP contribution in [0.1, 0.15) is 5.56 Å². The van der Waals surface area contributed by atoms with E-state index in [1.54, 1.807) is 17.0 Å². The molecule has 0 N–H and O–H groups in total. The Morgan fingerprint density at radius 2 is 1.89 bits per heavy atom. The van der Waals surface area contributed by atoms with Crippen molar-refractivity contribution in [2.75, 3.05) is 0 Å². The Balaban J connectivity index is 1.57. The lowest BCUT2D eigenvalue weighted by Crippen LogP contribution is -2.21. The molecule has 5 aromatic rings. The van der Waals surface area contributed by atoms with Crippen LogP contribution in [0.2, 0.25) is 0 Å². The predicted molar refractivity (Wildman–Crippen MR) is 106 cm³/mol. The summed E-state index contributed by atoms with van der Waals surface area (Å²) >= 11 is 0. The third-order valence-corrected chi connectivity index (χ3v) is 4.77. The summed E-state index contributed by atoms with van der Waals surface area (Å²) in [6.45, 7) is 0.488. The van der Waals surface area contributed by atoms with Crippen LogP contribution in [0, 0.1) is 0 Å². The van der Waals surface area contributed by atoms with E-state index in [1.165, 1.54) is 11.7 Å². The highest BCUT2D eigenvalue weighted by Crippen LogP contribution is 2.22. The van der Waals surface area contributed by atoms with Crippen LogP contribution in [0.25, 0.3) is 27.7 Å². The van der Waals surface area contributed by atoms with E-state index in [9.17, 15) is 4.79 Å². The van der Waals surface area contributed by atoms with E-state index in [0.29, 0.717) is 12.1 Å². The molecule has 0 fully saturated rings. The second kappa shape index (κ2) is 6.21. The van der Waals surface area contributed by atoms with Gasteiger partial charge in [-0.2, -0.15) is 0 Å². The summed E-state index contributed by atoms with van der Waals surface area (Å²) < 4.78 is 3.84. The second-order valence-electron chi connectivity index (χ2n) is 6.51. The first kappa shape index (κ1) is 15.5. The molecule has 27 heavy (non-hydrogen) atoms. The van der Waals surface area contributed by atoms with Gasteiger partial charge in [-0.1, -0.05) is 24.3 Å². The van der Waals surface area contributed by atoms with E-state index < -0.39 is 0 Å². The number of benzene rings is 1. The van der Waals surface area contributed by atoms with E-state index in [4.69, 9.17) is 0 Å². The van der Waals surface area contributed by atoms with Crippen LogP contribution in [0.5, 0.6) is 0 Å². The van der Waals surface area contributed by atoms with Crippen LogP contribution < -0.4 is 5.56 Å². The maximum atomic E-state index is 12.4. The quantitative estimate of drug-likeness (QED) is 0.497. The zero-order chi connectivity index (χ0) is 18.2. The van der Waals surface area contributed by atoms with Gasteiger partial charge in [0.1, 0.15) is 5.52 Å². The Hall–Kier alpha value is -3.73. The maximum absolute atomic E-state index is 12.4. The smallest absolute Gasteiger partial charge is 0.269 e. The molecule has 0 aliphatic carbocycles. The second-order valence-corrected chi connectivity index (χ2v) is 6.51. The number of hydrogen-bond acceptors (Lipinski definition) is 3. The van der Waals surface area contributed by atoms with Gasteiger partial charge < -0.3 is 8.97 Å². The van der Waals surface area contributed by atoms with Crippen LogP contribution in [0.4, 0.5) is 0 Å². The van der Waals surface area contributed by atoms with Crippen molar-refractivity contribution in [3.05, 3.63) is 101 Å². The first-order chi connectivity index (χ1) is 13.3. The first-order valence-corrected chi connectivity index (χ1v) is 8.73. The monoisotopic (exact) mass is 352 g/mol. The first-order valence-electron chi connectivity index (χ1n) is 8.73. The fourth-order valence-electron chi connectivity index (χ4n) is 3.42. The van der Waals surface area contributed by atoms with E-state index in [-0.39, 0.29) is 5.56 Å². The number of fused-ring (bicyclic) bond motifs is 2. The van der Waals surface area contributed by atoms with Crippen molar-refractivity contribution in [3.8, 4) is 11.1 Å². The van der Waals surface area contributed by atoms with Gasteiger partial charge >= 0.3 is 0 Å². The molecule has 5 rings (SSSR count). The number of aromatic nitrogens is 4. The number of hydrogen-bond donors (Lipinski definition) is 0. The van der Waals surface area contributed by atoms with Gasteiger partial charge in [0, 0.05) is 24.1 Å². The van der Waals surface area contributed by atoms with Gasteiger partial charge in [0.2, 0.25) is 0 Å². The summed E-state index contributed by atoms with van der Waals surface area (Å²) in [5.74, 6) is 0. The minimum atomic E-state index is -0.118. The SMILES string of the molecule is O=c1cnc2cnccc2n1Cc1cccc(-c2ccc3cccn3c2)c1. The molecule has 5 heteroatoms. The standard InChI is InChI=1S/C22H16N4O/c27-22-13-24-20-12-23-9-8-21(20)26(22)14-16-3-1-4-17(11-16)18-6-7-19-5-2-10-25(19)15-18/h1-13,15H,14H2. The van der Waals surface area contributed by atoms with Crippen molar-refractivity contribution in [2.45, 2.75) is 6.54 Å². The van der Waals surface area contributed by atoms with Crippen LogP contribution in [0.3, 0.4) is 0 Å². The molecule has 0 saturated carbocycles. The summed E-state index contributed by atoms with van der Waals surface area (Å²) in [6, 6.07) is 18.5. The molecule has 0 saturated heterocycles. The molecule has 0 bridgehead atoms. The Kier molecular flexibility index (Phi) is 3.57. The topological polar surface area (TPSA) is 52.2 Å². The summed E-state index contributed by atoms with van der Waals surface area (Å²) in [6.07, 6.45) is 8.87. The molecule has 5 nitrogen and oxygen atoms in total. The van der Waals surface area contributed by atoms with Crippen LogP contribution in [-0.2, 0) is 6.54 Å². The van der Waals surface area contributed by atoms with Gasteiger partial charge in [-0.05, 0) is 47.0 Å². The predicted octanol–water partition coefficient (Wildman–Crippen LogP) is 3.76. The molecule has 130 valence electrons. The Morgan fingerprint density at radius 3 is 2.85 bits per heavy atom. The van der Waals surface area contributed by atoms with Crippen LogP contribution >= 0.6 is 0 Å². The molecular weight excluding hydrogens is 336 g/mol. The van der Waals surface area contributed by atoms with Crippen molar-refractivity contribution in [1.82, 2.24) is 18.9 Å². The van der Waals surface area contributed by atoms with Crippen LogP contribution in [0.15, 0.2) is 90.4 Å². The summed E-state index contributed by atoms with van der Waals surface area (Å²) in [5, 5.41) is 0. The highest BCUT2D eigenvalue weighted by molar-refractivity contribution is 5.73. The minimum Gasteiger partial charge on any atom is -0.323 e. The Bertz CT molecular complexity index is 1330. The minimum absolute atomic E-state index is 0.118. The fraction of sp³-hybridized carbons (Fsp3) is 0.0455. The van der Waals surface area contributed by atoms with Crippen LogP contribution in [-0.4, -0.2) is 18.9 Å². The molecular formula is C22H16N4O. The number of pyridine rings is 2. The van der Waals surface area contributed by atoms with E-state index >= 15 is 0 Å². The van der Waals surface area contributed by atoms with Crippen molar-refractivity contribution < 1.29 is 0 Å². The fourth-order valence-corrected chi connectivity index (χ4v) is 3.42. The molecule has 4 aromatic heterocycles. The third-order valence-electron chi connectivity index (χ3n) is 4.77. The molecule has 0 unspecified atom stereocenters. The van der Waals surface area contributed by atoms with Crippen molar-refractivity contribution in [3.63, 3.8) is 0 Å². The van der Waals surface area contributed by atoms with E-state index in [1.807, 2.05) is 30.5 Å². The lowest BCUT2D eigenvalue weighted by Gasteiger charge is -2.11. The van der Waals surface area contributed by atoms with Gasteiger partial charge in [-0.3, -0.25) is 9.78 Å². The van der Waals surface area contributed by atoms with E-state index in [2.05, 4.69) is 50.9 Å². The van der Waals surface area contributed by atoms with Gasteiger partial charge in [0.15, 0.2) is 0 Å². The van der Waals surface area contributed by atoms with Gasteiger partial charge in [-0.15, -0.1) is 0 Å². The Labute approximate surface area is 155 Å². The zero-order valence-corrected chi connectivity index (χ0v) is 14.5. The molecule has 4 heterocycles. The Morgan fingerprint density at radius 1 is 0.926 bits per heavy atom. The molecule has 0 spiro atoms. The zero-order valence-electron chi connectivity index (χ0n) is 14.5. The van der Waals surface area contributed by atoms with Gasteiger partial charge in [0.05, 0.1) is 24.5 Å². The maximum Gasteiger partial charge on any atom is 0.269 e. The molecule has 0 aliphatic rings. The molecule has 0 radical (unpaired) electrons. The van der Waals surface area contributed by atoms with E-state index in [0.717, 1.165) is 22.2 Å². The van der Waals surface area contributed by atoms with Gasteiger partial charge in [0.25, 0.3) is 5.56 Å². The lowest BCUT2D eigenvalue weighted by molar-refractivity contribution is 0.786. The molecule has 1 aromatic carbocycles. The van der Waals surface area contributed by atoms with Crippen molar-refractivity contribution in [1.29, 1.82) is 0 Å². The summed E-state index contributed by atoms with van der Waals surface area (Å²) in [7, 11) is 0. The third kappa shape index (κ3) is 2.79. The summed E-state index contributed by atoms with van der Waals surface area (Å²) in [4.78, 5) is 20.6. The summed E-state index contributed by atoms with van der Waals surface area (Å²) in [5.41, 5.74) is 5.87. The number of nitrogens with zero attached hydrogens (tertiary/aromatic N) is 4. The number of rotatable bonds is 3. The average Bonchev–Trinajstić information content (AvgIpc) is 3.18. The van der Waals surface area contributed by atoms with Crippen molar-refractivity contribution in [2.24, 2.45) is 0 Å². The molecule has 0 atom stereocenters. The molecule has 0 aliphatic heterocycles. The highest BCUT2D eigenvalue weighted by atomic mass is 16.1. The highest BCUT2D eigenvalue weighted by Gasteiger charge is 2.07.